The summed E-state index contributed by atoms with van der Waals surface area (Å²) in [7, 11) is 0. The van der Waals surface area contributed by atoms with Crippen molar-refractivity contribution >= 4 is 23.1 Å². The van der Waals surface area contributed by atoms with Crippen molar-refractivity contribution in [2.24, 2.45) is 4.99 Å². The van der Waals surface area contributed by atoms with E-state index in [9.17, 15) is 4.79 Å². The quantitative estimate of drug-likeness (QED) is 0.627. The second kappa shape index (κ2) is 3.92. The molecule has 1 aliphatic heterocycles. The molecule has 0 saturated carbocycles. The molecule has 0 radical (unpaired) electrons. The van der Waals surface area contributed by atoms with Crippen LogP contribution in [0.1, 0.15) is 12.8 Å². The van der Waals surface area contributed by atoms with Gasteiger partial charge < -0.3 is 0 Å². The third-order valence-electron chi connectivity index (χ3n) is 2.13. The van der Waals surface area contributed by atoms with Crippen LogP contribution in [0.5, 0.6) is 0 Å². The van der Waals surface area contributed by atoms with Crippen LogP contribution in [0.3, 0.4) is 0 Å². The number of rotatable bonds is 2. The van der Waals surface area contributed by atoms with Crippen molar-refractivity contribution in [1.82, 2.24) is 0 Å². The molecule has 0 N–H and O–H groups in total. The largest absolute Gasteiger partial charge is 0.298 e. The van der Waals surface area contributed by atoms with Crippen molar-refractivity contribution in [2.45, 2.75) is 12.8 Å². The molecule has 13 heavy (non-hydrogen) atoms. The molecule has 0 amide bonds. The Morgan fingerprint density at radius 3 is 3.15 bits per heavy atom. The van der Waals surface area contributed by atoms with Gasteiger partial charge in [0.1, 0.15) is 6.29 Å². The van der Waals surface area contributed by atoms with E-state index in [2.05, 4.69) is 4.99 Å². The molecule has 0 aromatic carbocycles. The Balaban J connectivity index is 2.19. The van der Waals surface area contributed by atoms with Crippen molar-refractivity contribution in [3.8, 4) is 0 Å². The number of carbonyl (C=O) groups is 1. The second-order valence-electron chi connectivity index (χ2n) is 3.07. The van der Waals surface area contributed by atoms with Crippen LogP contribution < -0.4 is 0 Å². The zero-order valence-electron chi connectivity index (χ0n) is 7.32. The van der Waals surface area contributed by atoms with Crippen LogP contribution in [0, 0.1) is 0 Å². The van der Waals surface area contributed by atoms with Crippen LogP contribution >= 0.6 is 11.8 Å². The summed E-state index contributed by atoms with van der Waals surface area (Å²) in [5.74, 6) is 1.09. The van der Waals surface area contributed by atoms with Crippen LogP contribution in [0.25, 0.3) is 0 Å². The molecule has 0 fully saturated rings. The lowest BCUT2D eigenvalue weighted by atomic mass is 10.0. The highest BCUT2D eigenvalue weighted by molar-refractivity contribution is 8.14. The monoisotopic (exact) mass is 193 g/mol. The molecule has 1 aliphatic carbocycles. The Kier molecular flexibility index (Phi) is 2.64. The topological polar surface area (TPSA) is 29.4 Å². The molecule has 0 bridgehead atoms. The normalized spacial score (nSPS) is 22.0. The Morgan fingerprint density at radius 2 is 2.46 bits per heavy atom. The van der Waals surface area contributed by atoms with E-state index < -0.39 is 0 Å². The molecule has 1 heterocycles. The summed E-state index contributed by atoms with van der Waals surface area (Å²) in [6.07, 6.45) is 6.87. The minimum atomic E-state index is 0.802. The van der Waals surface area contributed by atoms with E-state index in [1.165, 1.54) is 5.57 Å². The van der Waals surface area contributed by atoms with Crippen molar-refractivity contribution in [3.63, 3.8) is 0 Å². The third-order valence-corrected chi connectivity index (χ3v) is 3.18. The lowest BCUT2D eigenvalue weighted by Crippen LogP contribution is -2.00. The average Bonchev–Trinajstić information content (AvgIpc) is 2.71. The van der Waals surface area contributed by atoms with Gasteiger partial charge in [0.2, 0.25) is 0 Å². The maximum Gasteiger partial charge on any atom is 0.149 e. The van der Waals surface area contributed by atoms with E-state index in [0.717, 1.165) is 42.0 Å². The summed E-state index contributed by atoms with van der Waals surface area (Å²) in [5.41, 5.74) is 2.04. The number of aliphatic imine (C=N–C) groups is 1. The molecule has 68 valence electrons. The Bertz CT molecular complexity index is 315. The smallest absolute Gasteiger partial charge is 0.149 e. The van der Waals surface area contributed by atoms with Crippen LogP contribution in [-0.4, -0.2) is 23.6 Å². The Hall–Kier alpha value is -0.830. The molecule has 2 rings (SSSR count). The summed E-state index contributed by atoms with van der Waals surface area (Å²) in [4.78, 5) is 15.0. The van der Waals surface area contributed by atoms with E-state index in [1.807, 2.05) is 12.2 Å². The van der Waals surface area contributed by atoms with E-state index in [1.54, 1.807) is 11.8 Å². The summed E-state index contributed by atoms with van der Waals surface area (Å²) >= 11 is 1.80. The van der Waals surface area contributed by atoms with E-state index in [4.69, 9.17) is 0 Å². The minimum Gasteiger partial charge on any atom is -0.298 e. The van der Waals surface area contributed by atoms with Crippen LogP contribution in [0.15, 0.2) is 28.3 Å². The Morgan fingerprint density at radius 1 is 1.54 bits per heavy atom. The molecule has 2 nitrogen and oxygen atoms in total. The first-order valence-corrected chi connectivity index (χ1v) is 5.42. The van der Waals surface area contributed by atoms with Crippen molar-refractivity contribution in [3.05, 3.63) is 23.3 Å². The number of nitrogens with zero attached hydrogens (tertiary/aromatic N) is 1. The lowest BCUT2D eigenvalue weighted by Gasteiger charge is -2.09. The zero-order chi connectivity index (χ0) is 9.10. The maximum absolute atomic E-state index is 10.6. The van der Waals surface area contributed by atoms with Gasteiger partial charge in [0, 0.05) is 17.9 Å². The second-order valence-corrected chi connectivity index (χ2v) is 4.15. The molecule has 0 unspecified atom stereocenters. The first kappa shape index (κ1) is 8.75. The molecule has 0 aromatic rings. The van der Waals surface area contributed by atoms with E-state index >= 15 is 0 Å². The van der Waals surface area contributed by atoms with Gasteiger partial charge in [0.15, 0.2) is 0 Å². The molecule has 0 saturated heterocycles. The maximum atomic E-state index is 10.6. The van der Waals surface area contributed by atoms with Gasteiger partial charge in [-0.2, -0.15) is 0 Å². The molecule has 0 spiro atoms. The number of hydrogen-bond acceptors (Lipinski definition) is 3. The SMILES string of the molecule is O=CC1=CCCC(C2=NCCS2)=C1. The van der Waals surface area contributed by atoms with E-state index in [-0.39, 0.29) is 0 Å². The van der Waals surface area contributed by atoms with Crippen molar-refractivity contribution < 1.29 is 4.79 Å². The summed E-state index contributed by atoms with van der Waals surface area (Å²) in [6, 6.07) is 0. The highest BCUT2D eigenvalue weighted by atomic mass is 32.2. The Labute approximate surface area is 81.8 Å². The molecule has 2 aliphatic rings. The summed E-state index contributed by atoms with van der Waals surface area (Å²) < 4.78 is 0. The van der Waals surface area contributed by atoms with Gasteiger partial charge in [-0.25, -0.2) is 0 Å². The van der Waals surface area contributed by atoms with E-state index in [0.29, 0.717) is 0 Å². The highest BCUT2D eigenvalue weighted by Gasteiger charge is 2.14. The van der Waals surface area contributed by atoms with Gasteiger partial charge in [0.05, 0.1) is 5.04 Å². The van der Waals surface area contributed by atoms with Crippen molar-refractivity contribution in [1.29, 1.82) is 0 Å². The standard InChI is InChI=1S/C10H11NOS/c12-7-8-2-1-3-9(6-8)10-11-4-5-13-10/h2,6-7H,1,3-5H2. The van der Waals surface area contributed by atoms with Crippen molar-refractivity contribution in [2.75, 3.05) is 12.3 Å². The number of aldehydes is 1. The van der Waals surface area contributed by atoms with Gasteiger partial charge in [-0.3, -0.25) is 9.79 Å². The fourth-order valence-corrected chi connectivity index (χ4v) is 2.41. The molecule has 3 heteroatoms. The fourth-order valence-electron chi connectivity index (χ4n) is 1.51. The number of carbonyl (C=O) groups excluding carboxylic acids is 1. The minimum absolute atomic E-state index is 0.802. The molecule has 0 aromatic heterocycles. The first-order chi connectivity index (χ1) is 6.40. The van der Waals surface area contributed by atoms with Crippen LogP contribution in [0.4, 0.5) is 0 Å². The number of thioether (sulfide) groups is 1. The van der Waals surface area contributed by atoms with Crippen LogP contribution in [-0.2, 0) is 4.79 Å². The average molecular weight is 193 g/mol. The van der Waals surface area contributed by atoms with Crippen LogP contribution in [0.2, 0.25) is 0 Å². The van der Waals surface area contributed by atoms with Gasteiger partial charge in [-0.15, -0.1) is 11.8 Å². The van der Waals surface area contributed by atoms with Gasteiger partial charge >= 0.3 is 0 Å². The van der Waals surface area contributed by atoms with Gasteiger partial charge in [-0.1, -0.05) is 6.08 Å². The summed E-state index contributed by atoms with van der Waals surface area (Å²) in [5, 5.41) is 1.15. The predicted octanol–water partition coefficient (Wildman–Crippen LogP) is 1.98. The number of allylic oxidation sites excluding steroid dienone is 3. The lowest BCUT2D eigenvalue weighted by molar-refractivity contribution is -0.104. The number of hydrogen-bond donors (Lipinski definition) is 0. The predicted molar refractivity (Wildman–Crippen MR) is 56.2 cm³/mol. The fraction of sp³-hybridized carbons (Fsp3) is 0.400. The highest BCUT2D eigenvalue weighted by Crippen LogP contribution is 2.25. The third kappa shape index (κ3) is 1.91. The molecular formula is C10H11NOS. The molecular weight excluding hydrogens is 182 g/mol. The van der Waals surface area contributed by atoms with Gasteiger partial charge in [0.25, 0.3) is 0 Å². The summed E-state index contributed by atoms with van der Waals surface area (Å²) in [6.45, 7) is 0.928. The molecule has 0 atom stereocenters. The zero-order valence-corrected chi connectivity index (χ0v) is 8.14. The van der Waals surface area contributed by atoms with Gasteiger partial charge in [-0.05, 0) is 24.5 Å². The first-order valence-electron chi connectivity index (χ1n) is 4.43.